The molecule has 21 heavy (non-hydrogen) atoms. The second kappa shape index (κ2) is 5.30. The molecule has 2 aromatic carbocycles. The van der Waals surface area contributed by atoms with Gasteiger partial charge in [0.2, 0.25) is 0 Å². The number of nitrogens with zero attached hydrogens (tertiary/aromatic N) is 1. The standard InChI is InChI=1S/C19H18N2/c1-2-4-19-17(3-1)11-15(12-21-19)9-14-5-6-18-13-20-8-7-16(18)10-14/h1-6,10-12,20H,7-9,13H2. The first-order valence-corrected chi connectivity index (χ1v) is 7.53. The van der Waals surface area contributed by atoms with E-state index in [0.29, 0.717) is 0 Å². The van der Waals surface area contributed by atoms with Gasteiger partial charge in [0.05, 0.1) is 5.52 Å². The van der Waals surface area contributed by atoms with E-state index in [1.165, 1.54) is 27.6 Å². The average Bonchev–Trinajstić information content (AvgIpc) is 2.55. The maximum atomic E-state index is 4.55. The van der Waals surface area contributed by atoms with Crippen molar-refractivity contribution >= 4 is 10.9 Å². The minimum absolute atomic E-state index is 0.957. The molecule has 0 spiro atoms. The lowest BCUT2D eigenvalue weighted by Gasteiger charge is -2.18. The van der Waals surface area contributed by atoms with Gasteiger partial charge in [-0.05, 0) is 53.8 Å². The van der Waals surface area contributed by atoms with Gasteiger partial charge in [0.15, 0.2) is 0 Å². The number of pyridine rings is 1. The van der Waals surface area contributed by atoms with Crippen LogP contribution < -0.4 is 5.32 Å². The third-order valence-corrected chi connectivity index (χ3v) is 4.21. The molecule has 0 saturated carbocycles. The summed E-state index contributed by atoms with van der Waals surface area (Å²) in [5.74, 6) is 0. The summed E-state index contributed by atoms with van der Waals surface area (Å²) in [5, 5.41) is 4.64. The number of benzene rings is 2. The quantitative estimate of drug-likeness (QED) is 0.774. The van der Waals surface area contributed by atoms with Crippen molar-refractivity contribution in [1.29, 1.82) is 0 Å². The Morgan fingerprint density at radius 3 is 2.90 bits per heavy atom. The van der Waals surface area contributed by atoms with E-state index >= 15 is 0 Å². The molecule has 2 heteroatoms. The number of nitrogens with one attached hydrogen (secondary N) is 1. The molecule has 0 unspecified atom stereocenters. The molecule has 1 N–H and O–H groups in total. The Balaban J connectivity index is 1.64. The molecule has 0 aliphatic carbocycles. The van der Waals surface area contributed by atoms with Crippen LogP contribution in [0.25, 0.3) is 10.9 Å². The maximum Gasteiger partial charge on any atom is 0.0702 e. The summed E-state index contributed by atoms with van der Waals surface area (Å²) in [5.41, 5.74) is 6.68. The molecule has 0 amide bonds. The fourth-order valence-corrected chi connectivity index (χ4v) is 3.09. The fraction of sp³-hybridized carbons (Fsp3) is 0.211. The van der Waals surface area contributed by atoms with Crippen LogP contribution >= 0.6 is 0 Å². The molecule has 3 aromatic rings. The van der Waals surface area contributed by atoms with Gasteiger partial charge in [0, 0.05) is 18.1 Å². The highest BCUT2D eigenvalue weighted by Gasteiger charge is 2.09. The molecule has 104 valence electrons. The van der Waals surface area contributed by atoms with Crippen molar-refractivity contribution in [2.45, 2.75) is 19.4 Å². The van der Waals surface area contributed by atoms with Crippen molar-refractivity contribution < 1.29 is 0 Å². The molecule has 0 radical (unpaired) electrons. The van der Waals surface area contributed by atoms with Crippen molar-refractivity contribution in [2.24, 2.45) is 0 Å². The first kappa shape index (κ1) is 12.5. The number of aromatic nitrogens is 1. The fourth-order valence-electron chi connectivity index (χ4n) is 3.09. The van der Waals surface area contributed by atoms with Crippen LogP contribution in [0.2, 0.25) is 0 Å². The van der Waals surface area contributed by atoms with Crippen molar-refractivity contribution in [2.75, 3.05) is 6.54 Å². The van der Waals surface area contributed by atoms with Crippen LogP contribution in [0.3, 0.4) is 0 Å². The molecule has 2 heterocycles. The first-order chi connectivity index (χ1) is 10.4. The zero-order valence-corrected chi connectivity index (χ0v) is 12.0. The Morgan fingerprint density at radius 2 is 1.90 bits per heavy atom. The molecule has 0 atom stereocenters. The van der Waals surface area contributed by atoms with Crippen LogP contribution in [-0.4, -0.2) is 11.5 Å². The average molecular weight is 274 g/mol. The summed E-state index contributed by atoms with van der Waals surface area (Å²) in [7, 11) is 0. The van der Waals surface area contributed by atoms with Gasteiger partial charge >= 0.3 is 0 Å². The van der Waals surface area contributed by atoms with Crippen molar-refractivity contribution in [1.82, 2.24) is 10.3 Å². The third-order valence-electron chi connectivity index (χ3n) is 4.21. The zero-order chi connectivity index (χ0) is 14.1. The van der Waals surface area contributed by atoms with E-state index in [4.69, 9.17) is 0 Å². The van der Waals surface area contributed by atoms with Gasteiger partial charge in [-0.1, -0.05) is 36.4 Å². The van der Waals surface area contributed by atoms with Gasteiger partial charge in [0.1, 0.15) is 0 Å². The predicted octanol–water partition coefficient (Wildman–Crippen LogP) is 3.47. The second-order valence-corrected chi connectivity index (χ2v) is 5.74. The second-order valence-electron chi connectivity index (χ2n) is 5.74. The Morgan fingerprint density at radius 1 is 0.952 bits per heavy atom. The Kier molecular flexibility index (Phi) is 3.17. The largest absolute Gasteiger partial charge is 0.312 e. The summed E-state index contributed by atoms with van der Waals surface area (Å²) < 4.78 is 0. The highest BCUT2D eigenvalue weighted by Crippen LogP contribution is 2.19. The Labute approximate surface area is 124 Å². The monoisotopic (exact) mass is 274 g/mol. The van der Waals surface area contributed by atoms with Crippen molar-refractivity contribution in [3.8, 4) is 0 Å². The number of hydrogen-bond donors (Lipinski definition) is 1. The van der Waals surface area contributed by atoms with Crippen LogP contribution in [0.4, 0.5) is 0 Å². The van der Waals surface area contributed by atoms with Gasteiger partial charge < -0.3 is 5.32 Å². The lowest BCUT2D eigenvalue weighted by molar-refractivity contribution is 0.643. The molecule has 0 fully saturated rings. The van der Waals surface area contributed by atoms with E-state index in [1.54, 1.807) is 0 Å². The Bertz CT molecular complexity index is 792. The van der Waals surface area contributed by atoms with E-state index in [-0.39, 0.29) is 0 Å². The maximum absolute atomic E-state index is 4.55. The molecule has 2 nitrogen and oxygen atoms in total. The van der Waals surface area contributed by atoms with Gasteiger partial charge in [-0.15, -0.1) is 0 Å². The summed E-state index contributed by atoms with van der Waals surface area (Å²) in [6.07, 6.45) is 4.10. The third kappa shape index (κ3) is 2.55. The molecular formula is C19H18N2. The van der Waals surface area contributed by atoms with Crippen LogP contribution in [-0.2, 0) is 19.4 Å². The molecule has 1 aliphatic rings. The predicted molar refractivity (Wildman–Crippen MR) is 86.4 cm³/mol. The van der Waals surface area contributed by atoms with Crippen molar-refractivity contribution in [3.63, 3.8) is 0 Å². The lowest BCUT2D eigenvalue weighted by atomic mass is 9.96. The zero-order valence-electron chi connectivity index (χ0n) is 12.0. The minimum Gasteiger partial charge on any atom is -0.312 e. The van der Waals surface area contributed by atoms with Crippen molar-refractivity contribution in [3.05, 3.63) is 77.0 Å². The SMILES string of the molecule is c1ccc2ncc(Cc3ccc4c(c3)CCNC4)cc2c1. The first-order valence-electron chi connectivity index (χ1n) is 7.53. The number of rotatable bonds is 2. The molecule has 1 aliphatic heterocycles. The Hall–Kier alpha value is -2.19. The van der Waals surface area contributed by atoms with E-state index in [0.717, 1.165) is 31.4 Å². The number of para-hydroxylation sites is 1. The lowest BCUT2D eigenvalue weighted by Crippen LogP contribution is -2.23. The van der Waals surface area contributed by atoms with E-state index < -0.39 is 0 Å². The number of hydrogen-bond acceptors (Lipinski definition) is 2. The highest BCUT2D eigenvalue weighted by molar-refractivity contribution is 5.78. The topological polar surface area (TPSA) is 24.9 Å². The van der Waals surface area contributed by atoms with E-state index in [9.17, 15) is 0 Å². The molecule has 4 rings (SSSR count). The van der Waals surface area contributed by atoms with Gasteiger partial charge in [0.25, 0.3) is 0 Å². The summed E-state index contributed by atoms with van der Waals surface area (Å²) >= 11 is 0. The normalized spacial score (nSPS) is 14.1. The highest BCUT2D eigenvalue weighted by atomic mass is 14.9. The summed E-state index contributed by atoms with van der Waals surface area (Å²) in [4.78, 5) is 4.55. The van der Waals surface area contributed by atoms with Gasteiger partial charge in [-0.25, -0.2) is 0 Å². The molecule has 0 saturated heterocycles. The van der Waals surface area contributed by atoms with Gasteiger partial charge in [-0.3, -0.25) is 4.98 Å². The van der Waals surface area contributed by atoms with Crippen LogP contribution in [0.15, 0.2) is 54.7 Å². The number of fused-ring (bicyclic) bond motifs is 2. The summed E-state index contributed by atoms with van der Waals surface area (Å²) in [6.45, 7) is 2.10. The van der Waals surface area contributed by atoms with Crippen LogP contribution in [0.1, 0.15) is 22.3 Å². The molecule has 0 bridgehead atoms. The van der Waals surface area contributed by atoms with Crippen LogP contribution in [0, 0.1) is 0 Å². The molecule has 1 aromatic heterocycles. The smallest absolute Gasteiger partial charge is 0.0702 e. The van der Waals surface area contributed by atoms with E-state index in [2.05, 4.69) is 52.8 Å². The summed E-state index contributed by atoms with van der Waals surface area (Å²) in [6, 6.07) is 17.4. The molecular weight excluding hydrogens is 256 g/mol. The van der Waals surface area contributed by atoms with Gasteiger partial charge in [-0.2, -0.15) is 0 Å². The van der Waals surface area contributed by atoms with E-state index in [1.807, 2.05) is 12.3 Å². The minimum atomic E-state index is 0.957. The van der Waals surface area contributed by atoms with Crippen LogP contribution in [0.5, 0.6) is 0 Å².